The van der Waals surface area contributed by atoms with Gasteiger partial charge in [-0.15, -0.1) is 37.2 Å². The maximum Gasteiger partial charge on any atom is 0 e. The molecule has 1 nitrogen and oxygen atoms in total. The van der Waals surface area contributed by atoms with Gasteiger partial charge in [0.2, 0.25) is 0 Å². The second kappa shape index (κ2) is 60.1. The van der Waals surface area contributed by atoms with Crippen LogP contribution in [-0.2, 0) is 0 Å². The molecule has 0 spiro atoms. The lowest BCUT2D eigenvalue weighted by atomic mass is 16.0. The van der Waals surface area contributed by atoms with Crippen molar-refractivity contribution in [3.05, 3.63) is 0 Å². The lowest BCUT2D eigenvalue weighted by molar-refractivity contribution is 0.824. The summed E-state index contributed by atoms with van der Waals surface area (Å²) in [6.45, 7) is 0. The summed E-state index contributed by atoms with van der Waals surface area (Å²) in [6.07, 6.45) is 0. The Bertz CT molecular complexity index is 6.85. The van der Waals surface area contributed by atoms with Crippen LogP contribution >= 0.6 is 47.1 Å². The standard InChI is InChI=1S/3ClH.H2O.P/h3*1H;1H2;. The number of halogens is 3. The summed E-state index contributed by atoms with van der Waals surface area (Å²) in [5.74, 6) is 0. The van der Waals surface area contributed by atoms with Crippen LogP contribution in [0.2, 0.25) is 0 Å². The van der Waals surface area contributed by atoms with Crippen molar-refractivity contribution < 1.29 is 5.48 Å². The molecule has 0 heterocycles. The van der Waals surface area contributed by atoms with Crippen molar-refractivity contribution in [1.82, 2.24) is 0 Å². The van der Waals surface area contributed by atoms with Gasteiger partial charge in [-0.1, -0.05) is 0 Å². The highest BCUT2D eigenvalue weighted by atomic mass is 35.5. The molecular weight excluding hydrogens is 153 g/mol. The first-order valence-electron chi connectivity index (χ1n) is 0. The summed E-state index contributed by atoms with van der Waals surface area (Å²) in [5.41, 5.74) is 0. The molecule has 0 rings (SSSR count). The first-order valence-corrected chi connectivity index (χ1v) is 0. The fourth-order valence-electron chi connectivity index (χ4n) is 0. The third kappa shape index (κ3) is 35.2. The van der Waals surface area contributed by atoms with E-state index in [4.69, 9.17) is 0 Å². The Morgan fingerprint density at radius 3 is 0.600 bits per heavy atom. The Kier molecular flexibility index (Phi) is 1310. The zero-order valence-corrected chi connectivity index (χ0v) is 5.52. The van der Waals surface area contributed by atoms with Crippen molar-refractivity contribution in [3.8, 4) is 0 Å². The summed E-state index contributed by atoms with van der Waals surface area (Å²) < 4.78 is 0. The van der Waals surface area contributed by atoms with Crippen molar-refractivity contribution in [2.45, 2.75) is 0 Å². The smallest absolute Gasteiger partial charge is 0 e. The average Bonchev–Trinajstić information content (AvgIpc) is 0. The fourth-order valence-corrected chi connectivity index (χ4v) is 0. The quantitative estimate of drug-likeness (QED) is 0.476. The summed E-state index contributed by atoms with van der Waals surface area (Å²) >= 11 is 0. The van der Waals surface area contributed by atoms with Crippen molar-refractivity contribution in [2.24, 2.45) is 0 Å². The Morgan fingerprint density at radius 2 is 0.600 bits per heavy atom. The first kappa shape index (κ1) is 109. The van der Waals surface area contributed by atoms with Crippen LogP contribution < -0.4 is 0 Å². The summed E-state index contributed by atoms with van der Waals surface area (Å²) in [4.78, 5) is 0. The van der Waals surface area contributed by atoms with E-state index in [1.54, 1.807) is 0 Å². The van der Waals surface area contributed by atoms with Crippen LogP contribution in [0.1, 0.15) is 0 Å². The van der Waals surface area contributed by atoms with Crippen LogP contribution in [0.3, 0.4) is 0 Å². The molecule has 0 aliphatic carbocycles. The van der Waals surface area contributed by atoms with Crippen LogP contribution in [0.15, 0.2) is 0 Å². The van der Waals surface area contributed by atoms with Gasteiger partial charge in [0, 0.05) is 9.90 Å². The van der Waals surface area contributed by atoms with Gasteiger partial charge in [-0.05, 0) is 0 Å². The molecule has 0 fully saturated rings. The molecule has 0 saturated heterocycles. The second-order valence-corrected chi connectivity index (χ2v) is 0. The molecule has 0 atom stereocenters. The van der Waals surface area contributed by atoms with Crippen molar-refractivity contribution >= 4 is 47.1 Å². The minimum absolute atomic E-state index is 0. The Balaban J connectivity index is 0. The van der Waals surface area contributed by atoms with Crippen LogP contribution in [-0.4, -0.2) is 5.48 Å². The van der Waals surface area contributed by atoms with E-state index in [1.165, 1.54) is 0 Å². The lowest BCUT2D eigenvalue weighted by Crippen LogP contribution is -0.289. The van der Waals surface area contributed by atoms with Crippen LogP contribution in [0, 0.1) is 0 Å². The molecule has 5 heteroatoms. The van der Waals surface area contributed by atoms with E-state index in [0.29, 0.717) is 0 Å². The molecular formula is H5Cl3OP. The third-order valence-corrected chi connectivity index (χ3v) is 0. The molecule has 0 aromatic rings. The summed E-state index contributed by atoms with van der Waals surface area (Å²) in [7, 11) is 0. The van der Waals surface area contributed by atoms with Gasteiger partial charge in [-0.2, -0.15) is 0 Å². The van der Waals surface area contributed by atoms with E-state index >= 15 is 0 Å². The van der Waals surface area contributed by atoms with Crippen molar-refractivity contribution in [3.63, 3.8) is 0 Å². The molecule has 0 saturated carbocycles. The highest BCUT2D eigenvalue weighted by molar-refractivity contribution is 6.92. The maximum atomic E-state index is 0. The van der Waals surface area contributed by atoms with Gasteiger partial charge in [-0.25, -0.2) is 0 Å². The van der Waals surface area contributed by atoms with Gasteiger partial charge in [0.05, 0.1) is 0 Å². The SMILES string of the molecule is Cl.Cl.Cl.O.[P]. The Morgan fingerprint density at radius 1 is 0.600 bits per heavy atom. The predicted octanol–water partition coefficient (Wildman–Crippen LogP) is 1.30. The molecule has 0 aliphatic rings. The molecule has 0 aromatic carbocycles. The molecule has 3 radical (unpaired) electrons. The monoisotopic (exact) mass is 157 g/mol. The molecule has 0 amide bonds. The van der Waals surface area contributed by atoms with E-state index in [0.717, 1.165) is 0 Å². The van der Waals surface area contributed by atoms with Crippen molar-refractivity contribution in [1.29, 1.82) is 0 Å². The minimum Gasteiger partial charge on any atom is -0.412 e. The van der Waals surface area contributed by atoms with E-state index in [2.05, 4.69) is 0 Å². The van der Waals surface area contributed by atoms with Crippen molar-refractivity contribution in [2.75, 3.05) is 0 Å². The van der Waals surface area contributed by atoms with Gasteiger partial charge >= 0.3 is 0 Å². The first-order chi connectivity index (χ1) is 0. The largest absolute Gasteiger partial charge is 0.412 e. The zero-order valence-electron chi connectivity index (χ0n) is 2.17. The number of rotatable bonds is 0. The van der Waals surface area contributed by atoms with Gasteiger partial charge in [0.25, 0.3) is 0 Å². The Labute approximate surface area is 53.1 Å². The molecule has 5 heavy (non-hydrogen) atoms. The van der Waals surface area contributed by atoms with E-state index < -0.39 is 0 Å². The fraction of sp³-hybridized carbons (Fsp3) is 0. The van der Waals surface area contributed by atoms with Crippen LogP contribution in [0.4, 0.5) is 0 Å². The predicted molar refractivity (Wildman–Crippen MR) is 32.3 cm³/mol. The van der Waals surface area contributed by atoms with Crippen LogP contribution in [0.5, 0.6) is 0 Å². The molecule has 37 valence electrons. The molecule has 2 N–H and O–H groups in total. The summed E-state index contributed by atoms with van der Waals surface area (Å²) in [5, 5.41) is 0. The highest BCUT2D eigenvalue weighted by Crippen LogP contribution is 0.861. The topological polar surface area (TPSA) is 31.5 Å². The molecule has 0 aliphatic heterocycles. The normalized spacial score (nSPS) is 0. The molecule has 0 aromatic heterocycles. The van der Waals surface area contributed by atoms with E-state index in [-0.39, 0.29) is 52.6 Å². The maximum absolute atomic E-state index is 0. The number of hydrogen-bond donors (Lipinski definition) is 0. The lowest BCUT2D eigenvalue weighted by Gasteiger charge is -0.412. The average molecular weight is 158 g/mol. The van der Waals surface area contributed by atoms with Gasteiger partial charge in [0.15, 0.2) is 0 Å². The zero-order chi connectivity index (χ0) is 0. The number of hydrogen-bond acceptors (Lipinski definition) is 0. The minimum atomic E-state index is 0. The van der Waals surface area contributed by atoms with Crippen LogP contribution in [0.25, 0.3) is 0 Å². The van der Waals surface area contributed by atoms with E-state index in [9.17, 15) is 0 Å². The Hall–Kier alpha value is 1.26. The third-order valence-electron chi connectivity index (χ3n) is 0. The summed E-state index contributed by atoms with van der Waals surface area (Å²) in [6, 6.07) is 0. The highest BCUT2D eigenvalue weighted by Gasteiger charge is 0.0000233. The molecule has 0 unspecified atom stereocenters. The molecule has 0 bridgehead atoms. The van der Waals surface area contributed by atoms with Gasteiger partial charge < -0.3 is 5.48 Å². The van der Waals surface area contributed by atoms with Gasteiger partial charge in [0.1, 0.15) is 0 Å². The van der Waals surface area contributed by atoms with E-state index in [1.807, 2.05) is 0 Å². The second-order valence-electron chi connectivity index (χ2n) is 0. The van der Waals surface area contributed by atoms with Gasteiger partial charge in [-0.3, -0.25) is 0 Å².